The Labute approximate surface area is 166 Å². The molecule has 0 bridgehead atoms. The summed E-state index contributed by atoms with van der Waals surface area (Å²) in [6.45, 7) is 0. The van der Waals surface area contributed by atoms with Gasteiger partial charge in [0.05, 0.1) is 16.7 Å². The van der Waals surface area contributed by atoms with E-state index < -0.39 is 5.91 Å². The van der Waals surface area contributed by atoms with E-state index in [4.69, 9.17) is 16.0 Å². The Bertz CT molecular complexity index is 1230. The van der Waals surface area contributed by atoms with Crippen molar-refractivity contribution in [1.82, 2.24) is 9.97 Å². The minimum atomic E-state index is -0.471. The molecule has 0 radical (unpaired) electrons. The first-order chi connectivity index (χ1) is 13.0. The molecule has 134 valence electrons. The van der Waals surface area contributed by atoms with Crippen molar-refractivity contribution in [3.63, 3.8) is 0 Å². The van der Waals surface area contributed by atoms with E-state index in [-0.39, 0.29) is 17.0 Å². The van der Waals surface area contributed by atoms with E-state index in [0.717, 1.165) is 0 Å². The summed E-state index contributed by atoms with van der Waals surface area (Å²) >= 11 is 9.24. The number of amides is 1. The van der Waals surface area contributed by atoms with Crippen molar-refractivity contribution in [3.05, 3.63) is 80.4 Å². The lowest BCUT2D eigenvalue weighted by molar-refractivity contribution is 0.0995. The predicted octanol–water partition coefficient (Wildman–Crippen LogP) is 4.85. The van der Waals surface area contributed by atoms with Crippen LogP contribution >= 0.6 is 27.5 Å². The highest BCUT2D eigenvalue weighted by atomic mass is 79.9. The number of carbonyl (C=O) groups is 1. The minimum absolute atomic E-state index is 0.119. The van der Waals surface area contributed by atoms with Crippen molar-refractivity contribution in [1.29, 1.82) is 0 Å². The fourth-order valence-electron chi connectivity index (χ4n) is 2.66. The van der Waals surface area contributed by atoms with Gasteiger partial charge in [-0.1, -0.05) is 23.7 Å². The van der Waals surface area contributed by atoms with Gasteiger partial charge < -0.3 is 14.7 Å². The second-order valence-electron chi connectivity index (χ2n) is 5.68. The van der Waals surface area contributed by atoms with Crippen molar-refractivity contribution < 1.29 is 9.21 Å². The summed E-state index contributed by atoms with van der Waals surface area (Å²) in [5, 5.41) is 3.13. The molecular formula is C19H11BrClN3O3. The van der Waals surface area contributed by atoms with Crippen molar-refractivity contribution in [2.45, 2.75) is 0 Å². The van der Waals surface area contributed by atoms with Crippen LogP contribution in [0.5, 0.6) is 0 Å². The summed E-state index contributed by atoms with van der Waals surface area (Å²) in [7, 11) is 0. The van der Waals surface area contributed by atoms with Crippen LogP contribution in [-0.4, -0.2) is 15.9 Å². The Hall–Kier alpha value is -2.90. The molecule has 0 aliphatic rings. The van der Waals surface area contributed by atoms with Crippen LogP contribution in [-0.2, 0) is 0 Å². The lowest BCUT2D eigenvalue weighted by Gasteiger charge is -2.11. The molecule has 2 N–H and O–H groups in total. The van der Waals surface area contributed by atoms with Gasteiger partial charge >= 0.3 is 0 Å². The molecule has 4 rings (SSSR count). The van der Waals surface area contributed by atoms with E-state index in [0.29, 0.717) is 32.0 Å². The molecule has 0 fully saturated rings. The van der Waals surface area contributed by atoms with Crippen LogP contribution < -0.4 is 10.9 Å². The molecule has 0 unspecified atom stereocenters. The van der Waals surface area contributed by atoms with Gasteiger partial charge in [-0.3, -0.25) is 9.59 Å². The van der Waals surface area contributed by atoms with E-state index in [1.807, 2.05) is 12.1 Å². The molecule has 2 heterocycles. The van der Waals surface area contributed by atoms with E-state index in [1.165, 1.54) is 6.07 Å². The summed E-state index contributed by atoms with van der Waals surface area (Å²) in [6, 6.07) is 15.2. The van der Waals surface area contributed by atoms with Gasteiger partial charge in [0.25, 0.3) is 11.5 Å². The van der Waals surface area contributed by atoms with Gasteiger partial charge in [0.1, 0.15) is 5.69 Å². The number of carbonyl (C=O) groups excluding carboxylic acids is 1. The number of nitrogens with one attached hydrogen (secondary N) is 2. The number of benzene rings is 2. The quantitative estimate of drug-likeness (QED) is 0.473. The van der Waals surface area contributed by atoms with Gasteiger partial charge in [-0.25, -0.2) is 4.98 Å². The molecule has 2 aromatic heterocycles. The van der Waals surface area contributed by atoms with Crippen molar-refractivity contribution in [2.75, 3.05) is 5.32 Å². The number of aromatic nitrogens is 2. The van der Waals surface area contributed by atoms with Crippen LogP contribution in [0.1, 0.15) is 10.6 Å². The normalized spacial score (nSPS) is 10.9. The van der Waals surface area contributed by atoms with Gasteiger partial charge in [0, 0.05) is 10.6 Å². The van der Waals surface area contributed by atoms with Gasteiger partial charge in [-0.15, -0.1) is 0 Å². The molecular weight excluding hydrogens is 434 g/mol. The van der Waals surface area contributed by atoms with Crippen LogP contribution in [0.3, 0.4) is 0 Å². The lowest BCUT2D eigenvalue weighted by Crippen LogP contribution is -2.15. The van der Waals surface area contributed by atoms with Crippen molar-refractivity contribution in [2.24, 2.45) is 0 Å². The lowest BCUT2D eigenvalue weighted by atomic mass is 10.1. The third-order valence-corrected chi connectivity index (χ3v) is 4.54. The van der Waals surface area contributed by atoms with Gasteiger partial charge in [-0.2, -0.15) is 0 Å². The summed E-state index contributed by atoms with van der Waals surface area (Å²) in [6.07, 6.45) is 0. The number of rotatable bonds is 3. The molecule has 27 heavy (non-hydrogen) atoms. The number of furan rings is 1. The standard InChI is InChI=1S/C19H11BrClN3O3/c20-16-8-7-15(27-16)18(25)24-14-9-10(21)5-6-11(14)17-19(26)23-13-4-2-1-3-12(13)22-17/h1-9H,(H,23,26)(H,24,25). The summed E-state index contributed by atoms with van der Waals surface area (Å²) in [5.41, 5.74) is 1.88. The number of hydrogen-bond acceptors (Lipinski definition) is 4. The van der Waals surface area contributed by atoms with Crippen LogP contribution in [0.4, 0.5) is 5.69 Å². The molecule has 8 heteroatoms. The number of para-hydroxylation sites is 2. The zero-order valence-corrected chi connectivity index (χ0v) is 16.0. The summed E-state index contributed by atoms with van der Waals surface area (Å²) in [4.78, 5) is 32.2. The largest absolute Gasteiger partial charge is 0.444 e. The third kappa shape index (κ3) is 3.51. The Kier molecular flexibility index (Phi) is 4.55. The summed E-state index contributed by atoms with van der Waals surface area (Å²) in [5.74, 6) is -0.352. The SMILES string of the molecule is O=C(Nc1cc(Cl)ccc1-c1nc2ccccc2[nH]c1=O)c1ccc(Br)o1. The van der Waals surface area contributed by atoms with Gasteiger partial charge in [0.2, 0.25) is 0 Å². The minimum Gasteiger partial charge on any atom is -0.444 e. The van der Waals surface area contributed by atoms with Crippen LogP contribution in [0.15, 0.2) is 68.5 Å². The molecule has 6 nitrogen and oxygen atoms in total. The molecule has 0 atom stereocenters. The number of fused-ring (bicyclic) bond motifs is 1. The molecule has 0 aliphatic heterocycles. The average Bonchev–Trinajstić information content (AvgIpc) is 3.08. The molecule has 4 aromatic rings. The molecule has 0 saturated carbocycles. The van der Waals surface area contributed by atoms with Crippen molar-refractivity contribution >= 4 is 50.2 Å². The first-order valence-electron chi connectivity index (χ1n) is 7.87. The highest BCUT2D eigenvalue weighted by Crippen LogP contribution is 2.29. The zero-order chi connectivity index (χ0) is 19.0. The van der Waals surface area contributed by atoms with Crippen LogP contribution in [0.2, 0.25) is 5.02 Å². The topological polar surface area (TPSA) is 88.0 Å². The van der Waals surface area contributed by atoms with E-state index in [2.05, 4.69) is 31.2 Å². The molecule has 1 amide bonds. The maximum Gasteiger partial charge on any atom is 0.291 e. The van der Waals surface area contributed by atoms with Gasteiger partial charge in [0.15, 0.2) is 10.4 Å². The van der Waals surface area contributed by atoms with Crippen molar-refractivity contribution in [3.8, 4) is 11.3 Å². The molecule has 0 saturated heterocycles. The molecule has 2 aromatic carbocycles. The number of H-pyrrole nitrogens is 1. The monoisotopic (exact) mass is 443 g/mol. The first-order valence-corrected chi connectivity index (χ1v) is 9.04. The fourth-order valence-corrected chi connectivity index (χ4v) is 3.14. The zero-order valence-electron chi connectivity index (χ0n) is 13.6. The fraction of sp³-hybridized carbons (Fsp3) is 0. The number of anilines is 1. The van der Waals surface area contributed by atoms with Crippen LogP contribution in [0.25, 0.3) is 22.3 Å². The number of aromatic amines is 1. The van der Waals surface area contributed by atoms with Gasteiger partial charge in [-0.05, 0) is 58.4 Å². The second kappa shape index (κ2) is 7.02. The summed E-state index contributed by atoms with van der Waals surface area (Å²) < 4.78 is 5.70. The maximum absolute atomic E-state index is 12.5. The Morgan fingerprint density at radius 2 is 1.96 bits per heavy atom. The second-order valence-corrected chi connectivity index (χ2v) is 6.90. The molecule has 0 spiro atoms. The van der Waals surface area contributed by atoms with E-state index in [1.54, 1.807) is 36.4 Å². The predicted molar refractivity (Wildman–Crippen MR) is 107 cm³/mol. The maximum atomic E-state index is 12.5. The van der Waals surface area contributed by atoms with E-state index in [9.17, 15) is 9.59 Å². The molecule has 0 aliphatic carbocycles. The number of nitrogens with zero attached hydrogens (tertiary/aromatic N) is 1. The highest BCUT2D eigenvalue weighted by Gasteiger charge is 2.17. The average molecular weight is 445 g/mol. The Morgan fingerprint density at radius 1 is 1.15 bits per heavy atom. The smallest absolute Gasteiger partial charge is 0.291 e. The van der Waals surface area contributed by atoms with Crippen LogP contribution in [0, 0.1) is 0 Å². The highest BCUT2D eigenvalue weighted by molar-refractivity contribution is 9.10. The number of hydrogen-bond donors (Lipinski definition) is 2. The Morgan fingerprint density at radius 3 is 2.74 bits per heavy atom. The Balaban J connectivity index is 1.81. The third-order valence-electron chi connectivity index (χ3n) is 3.88. The van der Waals surface area contributed by atoms with E-state index >= 15 is 0 Å². The number of halogens is 2. The first kappa shape index (κ1) is 17.5.